The standard InChI is InChI=1S/C22H22ClN3O5S/c23-17-2-1-3-18(15-17)24-10-12-25(13-11-24)32(30,31)19-4-5-20-16(14-19)8-9-26(20)21(27)6-7-22(28)29/h1-7,14-15H,8-13H2,(H,28,29)/b7-6-. The van der Waals surface area contributed by atoms with Crippen LogP contribution in [-0.2, 0) is 26.0 Å². The number of halogens is 1. The van der Waals surface area contributed by atoms with Gasteiger partial charge in [-0.1, -0.05) is 17.7 Å². The van der Waals surface area contributed by atoms with Gasteiger partial charge in [-0.15, -0.1) is 0 Å². The van der Waals surface area contributed by atoms with Gasteiger partial charge in [0.2, 0.25) is 10.0 Å². The number of benzene rings is 2. The van der Waals surface area contributed by atoms with Crippen molar-refractivity contribution in [1.82, 2.24) is 4.31 Å². The van der Waals surface area contributed by atoms with Crippen molar-refractivity contribution in [3.05, 3.63) is 65.2 Å². The molecular formula is C22H22ClN3O5S. The predicted molar refractivity (Wildman–Crippen MR) is 122 cm³/mol. The maximum Gasteiger partial charge on any atom is 0.328 e. The Bertz CT molecular complexity index is 1190. The smallest absolute Gasteiger partial charge is 0.328 e. The summed E-state index contributed by atoms with van der Waals surface area (Å²) in [5.74, 6) is -1.64. The van der Waals surface area contributed by atoms with Gasteiger partial charge in [0.1, 0.15) is 0 Å². The van der Waals surface area contributed by atoms with Crippen molar-refractivity contribution < 1.29 is 23.1 Å². The molecule has 10 heteroatoms. The number of hydrogen-bond donors (Lipinski definition) is 1. The molecule has 1 saturated heterocycles. The Balaban J connectivity index is 1.47. The number of carbonyl (C=O) groups is 2. The number of anilines is 2. The Hall–Kier alpha value is -2.88. The average Bonchev–Trinajstić information content (AvgIpc) is 3.21. The minimum atomic E-state index is -3.67. The van der Waals surface area contributed by atoms with E-state index in [1.165, 1.54) is 15.3 Å². The van der Waals surface area contributed by atoms with Crippen molar-refractivity contribution in [2.45, 2.75) is 11.3 Å². The van der Waals surface area contributed by atoms with E-state index >= 15 is 0 Å². The van der Waals surface area contributed by atoms with Crippen LogP contribution >= 0.6 is 11.6 Å². The minimum absolute atomic E-state index is 0.197. The van der Waals surface area contributed by atoms with E-state index in [9.17, 15) is 18.0 Å². The van der Waals surface area contributed by atoms with E-state index in [0.29, 0.717) is 49.9 Å². The van der Waals surface area contributed by atoms with Crippen LogP contribution in [0.4, 0.5) is 11.4 Å². The number of hydrogen-bond acceptors (Lipinski definition) is 5. The first-order chi connectivity index (χ1) is 15.3. The Morgan fingerprint density at radius 2 is 1.72 bits per heavy atom. The highest BCUT2D eigenvalue weighted by Crippen LogP contribution is 2.32. The minimum Gasteiger partial charge on any atom is -0.478 e. The molecule has 1 fully saturated rings. The molecule has 0 spiro atoms. The van der Waals surface area contributed by atoms with Crippen molar-refractivity contribution in [2.75, 3.05) is 42.5 Å². The second-order valence-corrected chi connectivity index (χ2v) is 9.95. The molecule has 2 aliphatic rings. The lowest BCUT2D eigenvalue weighted by molar-refractivity contribution is -0.131. The van der Waals surface area contributed by atoms with Gasteiger partial charge in [-0.05, 0) is 48.4 Å². The molecule has 0 aliphatic carbocycles. The molecule has 0 saturated carbocycles. The topological polar surface area (TPSA) is 98.2 Å². The van der Waals surface area contributed by atoms with E-state index in [1.54, 1.807) is 18.2 Å². The molecule has 4 rings (SSSR count). The number of carbonyl (C=O) groups excluding carboxylic acids is 1. The number of carboxylic acid groups (broad SMARTS) is 1. The molecule has 168 valence electrons. The number of fused-ring (bicyclic) bond motifs is 1. The van der Waals surface area contributed by atoms with E-state index in [2.05, 4.69) is 4.90 Å². The molecule has 1 amide bonds. The number of rotatable bonds is 5. The van der Waals surface area contributed by atoms with Crippen LogP contribution in [0.1, 0.15) is 5.56 Å². The summed E-state index contributed by atoms with van der Waals surface area (Å²) in [4.78, 5) is 26.7. The van der Waals surface area contributed by atoms with Gasteiger partial charge in [-0.25, -0.2) is 13.2 Å². The number of piperazine rings is 1. The SMILES string of the molecule is O=C(O)/C=C\C(=O)N1CCc2cc(S(=O)(=O)N3CCN(c4cccc(Cl)c4)CC3)ccc21. The Morgan fingerprint density at radius 1 is 0.969 bits per heavy atom. The van der Waals surface area contributed by atoms with Crippen molar-refractivity contribution in [3.8, 4) is 0 Å². The Labute approximate surface area is 191 Å². The zero-order chi connectivity index (χ0) is 22.9. The average molecular weight is 476 g/mol. The first-order valence-electron chi connectivity index (χ1n) is 10.1. The number of amides is 1. The number of carboxylic acids is 1. The summed E-state index contributed by atoms with van der Waals surface area (Å²) in [6.07, 6.45) is 2.30. The third kappa shape index (κ3) is 4.50. The summed E-state index contributed by atoms with van der Waals surface area (Å²) in [6, 6.07) is 12.2. The highest BCUT2D eigenvalue weighted by molar-refractivity contribution is 7.89. The van der Waals surface area contributed by atoms with E-state index in [4.69, 9.17) is 16.7 Å². The lowest BCUT2D eigenvalue weighted by Crippen LogP contribution is -2.48. The quantitative estimate of drug-likeness (QED) is 0.667. The fraction of sp³-hybridized carbons (Fsp3) is 0.273. The molecule has 0 bridgehead atoms. The maximum absolute atomic E-state index is 13.2. The van der Waals surface area contributed by atoms with Gasteiger partial charge in [0.15, 0.2) is 0 Å². The predicted octanol–water partition coefficient (Wildman–Crippen LogP) is 2.38. The van der Waals surface area contributed by atoms with Crippen molar-refractivity contribution in [1.29, 1.82) is 0 Å². The van der Waals surface area contributed by atoms with Crippen molar-refractivity contribution in [3.63, 3.8) is 0 Å². The number of aliphatic carboxylic acids is 1. The Kier molecular flexibility index (Phi) is 6.23. The number of nitrogens with zero attached hydrogens (tertiary/aromatic N) is 3. The van der Waals surface area contributed by atoms with Crippen LogP contribution in [0, 0.1) is 0 Å². The third-order valence-electron chi connectivity index (χ3n) is 5.63. The van der Waals surface area contributed by atoms with E-state index in [-0.39, 0.29) is 4.90 Å². The zero-order valence-corrected chi connectivity index (χ0v) is 18.7. The van der Waals surface area contributed by atoms with E-state index in [1.807, 2.05) is 18.2 Å². The lowest BCUT2D eigenvalue weighted by atomic mass is 10.2. The second-order valence-electron chi connectivity index (χ2n) is 7.57. The van der Waals surface area contributed by atoms with Gasteiger partial charge in [-0.2, -0.15) is 4.31 Å². The van der Waals surface area contributed by atoms with Crippen LogP contribution in [0.5, 0.6) is 0 Å². The summed E-state index contributed by atoms with van der Waals surface area (Å²) in [5.41, 5.74) is 2.32. The molecule has 8 nitrogen and oxygen atoms in total. The first-order valence-corrected chi connectivity index (χ1v) is 11.9. The Morgan fingerprint density at radius 3 is 2.41 bits per heavy atom. The summed E-state index contributed by atoms with van der Waals surface area (Å²) in [6.45, 7) is 2.21. The van der Waals surface area contributed by atoms with Gasteiger partial charge in [0.05, 0.1) is 4.90 Å². The monoisotopic (exact) mass is 475 g/mol. The van der Waals surface area contributed by atoms with Crippen LogP contribution in [0.2, 0.25) is 5.02 Å². The highest BCUT2D eigenvalue weighted by atomic mass is 35.5. The third-order valence-corrected chi connectivity index (χ3v) is 7.76. The molecule has 2 heterocycles. The van der Waals surface area contributed by atoms with Gasteiger partial charge < -0.3 is 14.9 Å². The van der Waals surface area contributed by atoms with Crippen molar-refractivity contribution >= 4 is 44.9 Å². The molecule has 0 atom stereocenters. The fourth-order valence-corrected chi connectivity index (χ4v) is 5.67. The molecule has 2 aromatic carbocycles. The summed E-state index contributed by atoms with van der Waals surface area (Å²) < 4.78 is 27.9. The van der Waals surface area contributed by atoms with Crippen LogP contribution < -0.4 is 9.80 Å². The zero-order valence-electron chi connectivity index (χ0n) is 17.1. The maximum atomic E-state index is 13.2. The van der Waals surface area contributed by atoms with Crippen molar-refractivity contribution in [2.24, 2.45) is 0 Å². The van der Waals surface area contributed by atoms with Crippen LogP contribution in [0.3, 0.4) is 0 Å². The van der Waals surface area contributed by atoms with E-state index in [0.717, 1.165) is 23.4 Å². The van der Waals surface area contributed by atoms with Gasteiger partial charge >= 0.3 is 5.97 Å². The summed E-state index contributed by atoms with van der Waals surface area (Å²) in [7, 11) is -3.67. The molecule has 0 aromatic heterocycles. The van der Waals surface area contributed by atoms with E-state index < -0.39 is 21.9 Å². The van der Waals surface area contributed by atoms with Gasteiger partial charge in [-0.3, -0.25) is 4.79 Å². The first kappa shape index (κ1) is 22.3. The largest absolute Gasteiger partial charge is 0.478 e. The second kappa shape index (κ2) is 8.93. The van der Waals surface area contributed by atoms with Crippen LogP contribution in [-0.4, -0.2) is 62.4 Å². The van der Waals surface area contributed by atoms with Gasteiger partial charge in [0, 0.05) is 61.3 Å². The molecule has 2 aliphatic heterocycles. The summed E-state index contributed by atoms with van der Waals surface area (Å²) >= 11 is 6.07. The normalized spacial score (nSPS) is 17.0. The summed E-state index contributed by atoms with van der Waals surface area (Å²) in [5, 5.41) is 9.35. The fourth-order valence-electron chi connectivity index (χ4n) is 4.01. The van der Waals surface area contributed by atoms with Crippen LogP contribution in [0.15, 0.2) is 59.5 Å². The molecule has 2 aromatic rings. The van der Waals surface area contributed by atoms with Gasteiger partial charge in [0.25, 0.3) is 5.91 Å². The number of sulfonamides is 1. The van der Waals surface area contributed by atoms with Crippen LogP contribution in [0.25, 0.3) is 0 Å². The highest BCUT2D eigenvalue weighted by Gasteiger charge is 2.31. The molecule has 0 unspecified atom stereocenters. The molecule has 1 N–H and O–H groups in total. The lowest BCUT2D eigenvalue weighted by Gasteiger charge is -2.35. The molecule has 32 heavy (non-hydrogen) atoms. The molecular weight excluding hydrogens is 454 g/mol. The molecule has 0 radical (unpaired) electrons.